The van der Waals surface area contributed by atoms with Crippen LogP contribution in [0.5, 0.6) is 0 Å². The Morgan fingerprint density at radius 1 is 1.43 bits per heavy atom. The van der Waals surface area contributed by atoms with E-state index < -0.39 is 38.1 Å². The molecule has 1 unspecified atom stereocenters. The van der Waals surface area contributed by atoms with Gasteiger partial charge in [0.2, 0.25) is 0 Å². The molecule has 1 saturated heterocycles. The van der Waals surface area contributed by atoms with Gasteiger partial charge in [-0.25, -0.2) is 9.46 Å². The monoisotopic (exact) mass is 446 g/mol. The average Bonchev–Trinajstić information content (AvgIpc) is 3.03. The van der Waals surface area contributed by atoms with E-state index in [4.69, 9.17) is 19.9 Å². The third-order valence-corrected chi connectivity index (χ3v) is 6.24. The fourth-order valence-electron chi connectivity index (χ4n) is 3.10. The SMILES string of the molecule is C=CCOP(N)N(C(C)C)C(C)C.Cc1cn([C@H]2C[C@H](O)[C@@H](CO)O2)c(=O)[nH]c1=O. The van der Waals surface area contributed by atoms with Crippen LogP contribution in [-0.2, 0) is 9.26 Å². The van der Waals surface area contributed by atoms with Crippen molar-refractivity contribution in [3.8, 4) is 0 Å². The van der Waals surface area contributed by atoms with Gasteiger partial charge in [0, 0.05) is 30.3 Å². The Labute approximate surface area is 178 Å². The molecule has 10 nitrogen and oxygen atoms in total. The van der Waals surface area contributed by atoms with Crippen molar-refractivity contribution in [2.24, 2.45) is 5.50 Å². The van der Waals surface area contributed by atoms with Crippen molar-refractivity contribution >= 4 is 8.45 Å². The van der Waals surface area contributed by atoms with E-state index in [2.05, 4.69) is 43.9 Å². The van der Waals surface area contributed by atoms with Gasteiger partial charge in [0.1, 0.15) is 12.3 Å². The Morgan fingerprint density at radius 2 is 2.03 bits per heavy atom. The Bertz CT molecular complexity index is 773. The summed E-state index contributed by atoms with van der Waals surface area (Å²) in [5.74, 6) is 0. The normalized spacial score (nSPS) is 22.3. The second-order valence-electron chi connectivity index (χ2n) is 7.55. The van der Waals surface area contributed by atoms with E-state index in [-0.39, 0.29) is 13.0 Å². The van der Waals surface area contributed by atoms with Crippen molar-refractivity contribution in [2.45, 2.75) is 71.6 Å². The summed E-state index contributed by atoms with van der Waals surface area (Å²) in [6.07, 6.45) is 1.14. The molecule has 4 atom stereocenters. The minimum atomic E-state index is -0.967. The molecule has 1 fully saturated rings. The minimum Gasteiger partial charge on any atom is -0.394 e. The van der Waals surface area contributed by atoms with Crippen LogP contribution in [0, 0.1) is 6.92 Å². The summed E-state index contributed by atoms with van der Waals surface area (Å²) >= 11 is 0. The van der Waals surface area contributed by atoms with Crippen LogP contribution < -0.4 is 16.8 Å². The van der Waals surface area contributed by atoms with Crippen molar-refractivity contribution in [2.75, 3.05) is 13.2 Å². The Balaban J connectivity index is 0.000000314. The van der Waals surface area contributed by atoms with Gasteiger partial charge in [-0.3, -0.25) is 19.8 Å². The molecular formula is C19H35N4O6P. The number of H-pyrrole nitrogens is 1. The molecule has 1 aromatic heterocycles. The van der Waals surface area contributed by atoms with Gasteiger partial charge in [0.25, 0.3) is 5.56 Å². The van der Waals surface area contributed by atoms with Gasteiger partial charge in [-0.1, -0.05) is 6.08 Å². The molecular weight excluding hydrogens is 411 g/mol. The first-order valence-corrected chi connectivity index (χ1v) is 11.1. The zero-order valence-electron chi connectivity index (χ0n) is 18.3. The molecule has 172 valence electrons. The fraction of sp³-hybridized carbons (Fsp3) is 0.684. The van der Waals surface area contributed by atoms with Crippen LogP contribution in [0.2, 0.25) is 0 Å². The van der Waals surface area contributed by atoms with Crippen LogP contribution in [0.3, 0.4) is 0 Å². The van der Waals surface area contributed by atoms with Gasteiger partial charge in [0.15, 0.2) is 8.45 Å². The molecule has 0 spiro atoms. The summed E-state index contributed by atoms with van der Waals surface area (Å²) in [5.41, 5.74) is 5.28. The number of rotatable bonds is 8. The summed E-state index contributed by atoms with van der Waals surface area (Å²) in [6.45, 7) is 13.9. The number of hydrogen-bond donors (Lipinski definition) is 4. The van der Waals surface area contributed by atoms with Crippen LogP contribution in [0.1, 0.15) is 45.9 Å². The van der Waals surface area contributed by atoms with E-state index in [0.717, 1.165) is 0 Å². The number of hydrogen-bond acceptors (Lipinski definition) is 8. The second kappa shape index (κ2) is 12.5. The zero-order valence-corrected chi connectivity index (χ0v) is 19.2. The van der Waals surface area contributed by atoms with Crippen LogP contribution in [0.25, 0.3) is 0 Å². The Hall–Kier alpha value is -1.39. The van der Waals surface area contributed by atoms with E-state index in [9.17, 15) is 14.7 Å². The molecule has 0 aliphatic carbocycles. The molecule has 0 aromatic carbocycles. The Kier molecular flexibility index (Phi) is 11.1. The molecule has 30 heavy (non-hydrogen) atoms. The molecule has 11 heteroatoms. The number of nitrogens with zero attached hydrogens (tertiary/aromatic N) is 2. The molecule has 2 heterocycles. The van der Waals surface area contributed by atoms with Crippen LogP contribution in [0.4, 0.5) is 0 Å². The second-order valence-corrected chi connectivity index (χ2v) is 8.87. The van der Waals surface area contributed by atoms with Crippen molar-refractivity contribution in [1.29, 1.82) is 0 Å². The molecule has 0 radical (unpaired) electrons. The minimum absolute atomic E-state index is 0.205. The van der Waals surface area contributed by atoms with E-state index in [0.29, 0.717) is 24.3 Å². The first kappa shape index (κ1) is 26.6. The average molecular weight is 446 g/mol. The lowest BCUT2D eigenvalue weighted by atomic mass is 10.2. The molecule has 0 saturated carbocycles. The third kappa shape index (κ3) is 7.39. The highest BCUT2D eigenvalue weighted by Gasteiger charge is 2.35. The van der Waals surface area contributed by atoms with Gasteiger partial charge >= 0.3 is 5.69 Å². The maximum Gasteiger partial charge on any atom is 0.330 e. The van der Waals surface area contributed by atoms with Gasteiger partial charge < -0.3 is 19.5 Å². The van der Waals surface area contributed by atoms with Crippen molar-refractivity contribution in [3.63, 3.8) is 0 Å². The molecule has 1 aliphatic rings. The summed E-state index contributed by atoms with van der Waals surface area (Å²) in [5, 5.41) is 18.5. The highest BCUT2D eigenvalue weighted by atomic mass is 31.2. The lowest BCUT2D eigenvalue weighted by molar-refractivity contribution is -0.0459. The quantitative estimate of drug-likeness (QED) is 0.342. The number of nitrogens with two attached hydrogens (primary N) is 1. The van der Waals surface area contributed by atoms with Gasteiger partial charge in [-0.2, -0.15) is 0 Å². The van der Waals surface area contributed by atoms with E-state index in [1.54, 1.807) is 13.0 Å². The molecule has 0 bridgehead atoms. The lowest BCUT2D eigenvalue weighted by Gasteiger charge is -2.33. The fourth-order valence-corrected chi connectivity index (χ4v) is 4.40. The van der Waals surface area contributed by atoms with Crippen LogP contribution >= 0.6 is 8.45 Å². The summed E-state index contributed by atoms with van der Waals surface area (Å²) < 4.78 is 14.1. The first-order valence-electron chi connectivity index (χ1n) is 9.86. The maximum absolute atomic E-state index is 11.6. The predicted molar refractivity (Wildman–Crippen MR) is 117 cm³/mol. The standard InChI is InChI=1S/C10H14N2O5.C9H21N2OP/c1-5-3-12(10(16)11-9(5)15)8-2-6(14)7(4-13)17-8;1-6-7-12-13(10)11(8(2)3)9(4)5/h3,6-8,13-14H,2,4H2,1H3,(H,11,15,16);6,8-9H,1,7,10H2,2-5H3/t6-,7+,8+;/m0./s1. The smallest absolute Gasteiger partial charge is 0.330 e. The number of aliphatic hydroxyl groups excluding tert-OH is 2. The topological polar surface area (TPSA) is 143 Å². The van der Waals surface area contributed by atoms with Gasteiger partial charge in [-0.15, -0.1) is 6.58 Å². The Morgan fingerprint density at radius 3 is 2.50 bits per heavy atom. The summed E-state index contributed by atoms with van der Waals surface area (Å²) in [4.78, 5) is 24.9. The van der Waals surface area contributed by atoms with Crippen LogP contribution in [-0.4, -0.2) is 61.9 Å². The number of aromatic nitrogens is 2. The highest BCUT2D eigenvalue weighted by Crippen LogP contribution is 2.36. The largest absolute Gasteiger partial charge is 0.394 e. The number of aliphatic hydroxyl groups is 2. The van der Waals surface area contributed by atoms with E-state index >= 15 is 0 Å². The van der Waals surface area contributed by atoms with Gasteiger partial charge in [0.05, 0.1) is 19.3 Å². The number of nitrogens with one attached hydrogen (secondary N) is 1. The molecule has 1 aliphatic heterocycles. The van der Waals surface area contributed by atoms with E-state index in [1.165, 1.54) is 10.8 Å². The highest BCUT2D eigenvalue weighted by molar-refractivity contribution is 7.47. The van der Waals surface area contributed by atoms with Crippen molar-refractivity contribution in [1.82, 2.24) is 14.2 Å². The molecule has 0 amide bonds. The first-order chi connectivity index (χ1) is 14.0. The molecule has 2 rings (SSSR count). The van der Waals surface area contributed by atoms with Crippen LogP contribution in [0.15, 0.2) is 28.4 Å². The molecule has 5 N–H and O–H groups in total. The maximum atomic E-state index is 11.6. The lowest BCUT2D eigenvalue weighted by Crippen LogP contribution is -2.35. The van der Waals surface area contributed by atoms with Crippen molar-refractivity contribution < 1.29 is 19.5 Å². The van der Waals surface area contributed by atoms with Gasteiger partial charge in [-0.05, 0) is 34.6 Å². The zero-order chi connectivity index (χ0) is 23.0. The number of ether oxygens (including phenoxy) is 1. The molecule has 1 aromatic rings. The van der Waals surface area contributed by atoms with Crippen molar-refractivity contribution in [3.05, 3.63) is 45.3 Å². The number of aromatic amines is 1. The number of aryl methyl sites for hydroxylation is 1. The third-order valence-electron chi connectivity index (χ3n) is 4.45. The summed E-state index contributed by atoms with van der Waals surface area (Å²) in [7, 11) is -0.967. The summed E-state index contributed by atoms with van der Waals surface area (Å²) in [6, 6.07) is 0.835. The van der Waals surface area contributed by atoms with E-state index in [1.807, 2.05) is 0 Å². The predicted octanol–water partition coefficient (Wildman–Crippen LogP) is 0.979.